The summed E-state index contributed by atoms with van der Waals surface area (Å²) in [7, 11) is 1.30. The summed E-state index contributed by atoms with van der Waals surface area (Å²) in [6.45, 7) is 0. The second-order valence-corrected chi connectivity index (χ2v) is 6.08. The highest BCUT2D eigenvalue weighted by atomic mass is 35.5. The number of amides is 1. The Morgan fingerprint density at radius 3 is 2.61 bits per heavy atom. The van der Waals surface area contributed by atoms with Crippen molar-refractivity contribution in [3.63, 3.8) is 0 Å². The minimum absolute atomic E-state index is 0.0967. The van der Waals surface area contributed by atoms with Crippen LogP contribution in [0.4, 0.5) is 21.5 Å². The molecule has 0 radical (unpaired) electrons. The Hall–Kier alpha value is -3.45. The van der Waals surface area contributed by atoms with Crippen LogP contribution >= 0.6 is 11.6 Å². The molecule has 0 aliphatic carbocycles. The number of halogens is 2. The molecule has 0 bridgehead atoms. The van der Waals surface area contributed by atoms with Gasteiger partial charge in [0, 0.05) is 17.6 Å². The van der Waals surface area contributed by atoms with Gasteiger partial charge in [-0.15, -0.1) is 0 Å². The summed E-state index contributed by atoms with van der Waals surface area (Å²) < 4.78 is 18.0. The number of carbonyl (C=O) groups is 2. The molecule has 0 atom stereocenters. The number of esters is 1. The van der Waals surface area contributed by atoms with E-state index in [0.29, 0.717) is 22.6 Å². The lowest BCUT2D eigenvalue weighted by Gasteiger charge is -2.11. The number of nitrogens with one attached hydrogen (secondary N) is 2. The van der Waals surface area contributed by atoms with Crippen molar-refractivity contribution in [1.29, 1.82) is 0 Å². The number of rotatable bonds is 5. The molecule has 0 saturated carbocycles. The lowest BCUT2D eigenvalue weighted by atomic mass is 10.1. The molecule has 1 heterocycles. The third-order valence-electron chi connectivity index (χ3n) is 3.78. The van der Waals surface area contributed by atoms with Gasteiger partial charge in [0.1, 0.15) is 11.5 Å². The van der Waals surface area contributed by atoms with Crippen LogP contribution in [0, 0.1) is 5.82 Å². The first-order valence-electron chi connectivity index (χ1n) is 8.15. The zero-order chi connectivity index (χ0) is 20.1. The van der Waals surface area contributed by atoms with E-state index in [9.17, 15) is 14.0 Å². The molecule has 142 valence electrons. The summed E-state index contributed by atoms with van der Waals surface area (Å²) in [5.41, 5.74) is 1.90. The van der Waals surface area contributed by atoms with Crippen LogP contribution < -0.4 is 10.6 Å². The number of methoxy groups -OCH3 is 1. The predicted octanol–water partition coefficient (Wildman–Crippen LogP) is 4.66. The van der Waals surface area contributed by atoms with E-state index in [-0.39, 0.29) is 10.7 Å². The first-order valence-corrected chi connectivity index (χ1v) is 8.52. The van der Waals surface area contributed by atoms with E-state index >= 15 is 0 Å². The number of aromatic nitrogens is 1. The van der Waals surface area contributed by atoms with E-state index in [2.05, 4.69) is 15.6 Å². The largest absolute Gasteiger partial charge is 0.465 e. The van der Waals surface area contributed by atoms with Crippen molar-refractivity contribution in [2.45, 2.75) is 0 Å². The second kappa shape index (κ2) is 8.49. The van der Waals surface area contributed by atoms with Crippen molar-refractivity contribution in [2.24, 2.45) is 0 Å². The summed E-state index contributed by atoms with van der Waals surface area (Å²) in [6.07, 6.45) is 1.45. The minimum atomic E-state index is -0.576. The smallest absolute Gasteiger partial charge is 0.339 e. The van der Waals surface area contributed by atoms with Crippen molar-refractivity contribution < 1.29 is 18.7 Å². The Bertz CT molecular complexity index is 1040. The SMILES string of the molecule is COC(=O)c1ccccc1Nc1ccnc(C(=O)Nc2ccc(F)c(Cl)c2)c1. The second-order valence-electron chi connectivity index (χ2n) is 5.67. The van der Waals surface area contributed by atoms with Crippen LogP contribution in [0.3, 0.4) is 0 Å². The molecule has 3 rings (SSSR count). The van der Waals surface area contributed by atoms with Crippen LogP contribution in [0.5, 0.6) is 0 Å². The Morgan fingerprint density at radius 2 is 1.86 bits per heavy atom. The van der Waals surface area contributed by atoms with Gasteiger partial charge < -0.3 is 15.4 Å². The molecule has 2 aromatic carbocycles. The van der Waals surface area contributed by atoms with Gasteiger partial charge in [-0.1, -0.05) is 23.7 Å². The van der Waals surface area contributed by atoms with Gasteiger partial charge in [-0.25, -0.2) is 9.18 Å². The topological polar surface area (TPSA) is 80.3 Å². The minimum Gasteiger partial charge on any atom is -0.465 e. The van der Waals surface area contributed by atoms with Crippen LogP contribution in [0.1, 0.15) is 20.8 Å². The number of pyridine rings is 1. The van der Waals surface area contributed by atoms with E-state index in [1.807, 2.05) is 0 Å². The number of hydrogen-bond acceptors (Lipinski definition) is 5. The average molecular weight is 400 g/mol. The van der Waals surface area contributed by atoms with E-state index in [4.69, 9.17) is 16.3 Å². The van der Waals surface area contributed by atoms with Crippen LogP contribution in [-0.4, -0.2) is 24.0 Å². The Morgan fingerprint density at radius 1 is 1.07 bits per heavy atom. The predicted molar refractivity (Wildman–Crippen MR) is 105 cm³/mol. The molecule has 3 aromatic rings. The van der Waals surface area contributed by atoms with Gasteiger partial charge >= 0.3 is 5.97 Å². The molecule has 2 N–H and O–H groups in total. The average Bonchev–Trinajstić information content (AvgIpc) is 2.71. The number of hydrogen-bond donors (Lipinski definition) is 2. The van der Waals surface area contributed by atoms with Crippen molar-refractivity contribution in [3.05, 3.63) is 82.9 Å². The van der Waals surface area contributed by atoms with Gasteiger partial charge in [0.05, 0.1) is 23.4 Å². The van der Waals surface area contributed by atoms with Gasteiger partial charge in [0.2, 0.25) is 0 Å². The first-order chi connectivity index (χ1) is 13.5. The molecule has 28 heavy (non-hydrogen) atoms. The van der Waals surface area contributed by atoms with Crippen molar-refractivity contribution in [2.75, 3.05) is 17.7 Å². The van der Waals surface area contributed by atoms with Crippen LogP contribution in [-0.2, 0) is 4.74 Å². The van der Waals surface area contributed by atoms with Gasteiger partial charge in [-0.05, 0) is 42.5 Å². The van der Waals surface area contributed by atoms with Gasteiger partial charge in [-0.3, -0.25) is 9.78 Å². The number of ether oxygens (including phenoxy) is 1. The Balaban J connectivity index is 1.80. The first kappa shape index (κ1) is 19.3. The number of para-hydroxylation sites is 1. The normalized spacial score (nSPS) is 10.2. The van der Waals surface area contributed by atoms with Crippen molar-refractivity contribution in [1.82, 2.24) is 4.98 Å². The van der Waals surface area contributed by atoms with Gasteiger partial charge in [0.15, 0.2) is 0 Å². The van der Waals surface area contributed by atoms with Crippen LogP contribution in [0.15, 0.2) is 60.8 Å². The third-order valence-corrected chi connectivity index (χ3v) is 4.07. The zero-order valence-corrected chi connectivity index (χ0v) is 15.5. The van der Waals surface area contributed by atoms with E-state index in [1.165, 1.54) is 31.5 Å². The Labute approximate surface area is 165 Å². The molecule has 0 spiro atoms. The highest BCUT2D eigenvalue weighted by Crippen LogP contribution is 2.23. The lowest BCUT2D eigenvalue weighted by molar-refractivity contribution is 0.0601. The van der Waals surface area contributed by atoms with Crippen LogP contribution in [0.25, 0.3) is 0 Å². The highest BCUT2D eigenvalue weighted by molar-refractivity contribution is 6.31. The highest BCUT2D eigenvalue weighted by Gasteiger charge is 2.13. The summed E-state index contributed by atoms with van der Waals surface area (Å²) >= 11 is 5.72. The van der Waals surface area contributed by atoms with E-state index < -0.39 is 17.7 Å². The molecule has 1 aromatic heterocycles. The number of benzene rings is 2. The van der Waals surface area contributed by atoms with Crippen molar-refractivity contribution in [3.8, 4) is 0 Å². The van der Waals surface area contributed by atoms with Gasteiger partial charge in [0.25, 0.3) is 5.91 Å². The Kier molecular flexibility index (Phi) is 5.86. The molecular formula is C20H15ClFN3O3. The van der Waals surface area contributed by atoms with E-state index in [1.54, 1.807) is 30.3 Å². The fourth-order valence-corrected chi connectivity index (χ4v) is 2.62. The molecule has 0 aliphatic rings. The van der Waals surface area contributed by atoms with E-state index in [0.717, 1.165) is 6.07 Å². The fourth-order valence-electron chi connectivity index (χ4n) is 2.44. The quantitative estimate of drug-likeness (QED) is 0.610. The maximum Gasteiger partial charge on any atom is 0.339 e. The van der Waals surface area contributed by atoms with Gasteiger partial charge in [-0.2, -0.15) is 0 Å². The van der Waals surface area contributed by atoms with Crippen LogP contribution in [0.2, 0.25) is 5.02 Å². The molecule has 0 unspecified atom stereocenters. The third kappa shape index (κ3) is 4.44. The molecule has 6 nitrogen and oxygen atoms in total. The fraction of sp³-hybridized carbons (Fsp3) is 0.0500. The zero-order valence-electron chi connectivity index (χ0n) is 14.7. The summed E-state index contributed by atoms with van der Waals surface area (Å²) in [5, 5.41) is 5.58. The standard InChI is InChI=1S/C20H15ClFN3O3/c1-28-20(27)14-4-2-3-5-17(14)24-13-8-9-23-18(11-13)19(26)25-12-6-7-16(22)15(21)10-12/h2-11H,1H3,(H,23,24)(H,25,26). The number of nitrogens with zero attached hydrogens (tertiary/aromatic N) is 1. The molecule has 8 heteroatoms. The summed E-state index contributed by atoms with van der Waals surface area (Å²) in [4.78, 5) is 28.3. The molecule has 1 amide bonds. The molecule has 0 fully saturated rings. The number of carbonyl (C=O) groups excluding carboxylic acids is 2. The summed E-state index contributed by atoms with van der Waals surface area (Å²) in [5.74, 6) is -1.55. The monoisotopic (exact) mass is 399 g/mol. The maximum atomic E-state index is 13.2. The molecule has 0 aliphatic heterocycles. The maximum absolute atomic E-state index is 13.2. The summed E-state index contributed by atoms with van der Waals surface area (Å²) in [6, 6.07) is 13.9. The number of anilines is 3. The molecular weight excluding hydrogens is 385 g/mol. The lowest BCUT2D eigenvalue weighted by Crippen LogP contribution is -2.14. The molecule has 0 saturated heterocycles. The van der Waals surface area contributed by atoms with Crippen molar-refractivity contribution >= 4 is 40.5 Å².